The standard InChI is InChI=1S/C20H21NO5S/c1-12(22)14-6-5-7-15(10-14)21-19(23)13(2)26-20(24)17-9-8-16(27-4)11-18(17)25-3/h5-11,13H,1-4H3,(H,21,23). The molecule has 1 amide bonds. The zero-order chi connectivity index (χ0) is 20.0. The molecule has 27 heavy (non-hydrogen) atoms. The average Bonchev–Trinajstić information content (AvgIpc) is 2.67. The predicted octanol–water partition coefficient (Wildman–Crippen LogP) is 3.80. The molecular weight excluding hydrogens is 366 g/mol. The van der Waals surface area contributed by atoms with Crippen molar-refractivity contribution in [2.45, 2.75) is 24.8 Å². The zero-order valence-corrected chi connectivity index (χ0v) is 16.4. The highest BCUT2D eigenvalue weighted by molar-refractivity contribution is 7.98. The molecule has 2 aromatic rings. The number of ether oxygens (including phenoxy) is 2. The van der Waals surface area contributed by atoms with E-state index in [1.54, 1.807) is 42.5 Å². The number of hydrogen-bond acceptors (Lipinski definition) is 6. The number of rotatable bonds is 7. The van der Waals surface area contributed by atoms with Crippen molar-refractivity contribution in [1.29, 1.82) is 0 Å². The Hall–Kier alpha value is -2.80. The molecule has 6 nitrogen and oxygen atoms in total. The Bertz CT molecular complexity index is 865. The van der Waals surface area contributed by atoms with Crippen LogP contribution in [0.5, 0.6) is 5.75 Å². The van der Waals surface area contributed by atoms with Crippen LogP contribution in [0.1, 0.15) is 34.6 Å². The largest absolute Gasteiger partial charge is 0.496 e. The zero-order valence-electron chi connectivity index (χ0n) is 15.6. The van der Waals surface area contributed by atoms with E-state index in [0.29, 0.717) is 17.0 Å². The highest BCUT2D eigenvalue weighted by atomic mass is 32.2. The number of carbonyl (C=O) groups excluding carboxylic acids is 3. The topological polar surface area (TPSA) is 81.7 Å². The number of anilines is 1. The van der Waals surface area contributed by atoms with Crippen LogP contribution in [0.25, 0.3) is 0 Å². The number of hydrogen-bond donors (Lipinski definition) is 1. The van der Waals surface area contributed by atoms with E-state index in [9.17, 15) is 14.4 Å². The molecule has 0 aliphatic heterocycles. The Morgan fingerprint density at radius 3 is 2.48 bits per heavy atom. The molecule has 7 heteroatoms. The number of benzene rings is 2. The lowest BCUT2D eigenvalue weighted by Gasteiger charge is -2.15. The van der Waals surface area contributed by atoms with Gasteiger partial charge in [0.25, 0.3) is 5.91 Å². The lowest BCUT2D eigenvalue weighted by molar-refractivity contribution is -0.123. The summed E-state index contributed by atoms with van der Waals surface area (Å²) in [7, 11) is 1.47. The van der Waals surface area contributed by atoms with Gasteiger partial charge in [0.05, 0.1) is 7.11 Å². The van der Waals surface area contributed by atoms with Crippen molar-refractivity contribution < 1.29 is 23.9 Å². The number of methoxy groups -OCH3 is 1. The second-order valence-corrected chi connectivity index (χ2v) is 6.62. The summed E-state index contributed by atoms with van der Waals surface area (Å²) in [5.41, 5.74) is 1.18. The summed E-state index contributed by atoms with van der Waals surface area (Å²) in [5.74, 6) is -0.872. The molecule has 1 unspecified atom stereocenters. The molecule has 1 atom stereocenters. The fourth-order valence-electron chi connectivity index (χ4n) is 2.30. The quantitative estimate of drug-likeness (QED) is 0.442. The Morgan fingerprint density at radius 1 is 1.11 bits per heavy atom. The van der Waals surface area contributed by atoms with Crippen LogP contribution in [0.4, 0.5) is 5.69 Å². The Morgan fingerprint density at radius 2 is 1.85 bits per heavy atom. The molecular formula is C20H21NO5S. The molecule has 0 spiro atoms. The summed E-state index contributed by atoms with van der Waals surface area (Å²) < 4.78 is 10.5. The van der Waals surface area contributed by atoms with Crippen LogP contribution in [0.2, 0.25) is 0 Å². The Labute approximate surface area is 162 Å². The minimum atomic E-state index is -1.02. The molecule has 0 fully saturated rings. The maximum atomic E-state index is 12.4. The predicted molar refractivity (Wildman–Crippen MR) is 105 cm³/mol. The van der Waals surface area contributed by atoms with Crippen molar-refractivity contribution in [2.24, 2.45) is 0 Å². The van der Waals surface area contributed by atoms with Crippen LogP contribution in [-0.2, 0) is 9.53 Å². The van der Waals surface area contributed by atoms with Gasteiger partial charge in [-0.2, -0.15) is 0 Å². The molecule has 0 saturated carbocycles. The molecule has 0 aliphatic carbocycles. The van der Waals surface area contributed by atoms with Crippen molar-refractivity contribution in [3.8, 4) is 5.75 Å². The van der Waals surface area contributed by atoms with Gasteiger partial charge in [0.15, 0.2) is 11.9 Å². The maximum absolute atomic E-state index is 12.4. The van der Waals surface area contributed by atoms with E-state index in [1.807, 2.05) is 6.26 Å². The molecule has 0 radical (unpaired) electrons. The molecule has 2 aromatic carbocycles. The smallest absolute Gasteiger partial charge is 0.342 e. The van der Waals surface area contributed by atoms with Crippen LogP contribution in [0.3, 0.4) is 0 Å². The van der Waals surface area contributed by atoms with Gasteiger partial charge in [-0.3, -0.25) is 9.59 Å². The van der Waals surface area contributed by atoms with Crippen LogP contribution in [0, 0.1) is 0 Å². The third-order valence-electron chi connectivity index (χ3n) is 3.82. The highest BCUT2D eigenvalue weighted by Gasteiger charge is 2.22. The normalized spacial score (nSPS) is 11.4. The van der Waals surface area contributed by atoms with Crippen molar-refractivity contribution in [3.63, 3.8) is 0 Å². The number of amides is 1. The molecule has 0 heterocycles. The van der Waals surface area contributed by atoms with E-state index in [2.05, 4.69) is 5.32 Å². The molecule has 0 bridgehead atoms. The third kappa shape index (κ3) is 5.34. The minimum absolute atomic E-state index is 0.105. The van der Waals surface area contributed by atoms with E-state index in [1.165, 1.54) is 32.7 Å². The van der Waals surface area contributed by atoms with Crippen LogP contribution in [0.15, 0.2) is 47.4 Å². The second kappa shape index (κ2) is 9.23. The van der Waals surface area contributed by atoms with Gasteiger partial charge in [-0.05, 0) is 50.4 Å². The van der Waals surface area contributed by atoms with Crippen LogP contribution in [-0.4, -0.2) is 37.1 Å². The fourth-order valence-corrected chi connectivity index (χ4v) is 2.73. The van der Waals surface area contributed by atoms with Crippen LogP contribution < -0.4 is 10.1 Å². The van der Waals surface area contributed by atoms with E-state index in [-0.39, 0.29) is 11.3 Å². The molecule has 1 N–H and O–H groups in total. The van der Waals surface area contributed by atoms with Gasteiger partial charge in [-0.25, -0.2) is 4.79 Å². The minimum Gasteiger partial charge on any atom is -0.496 e. The average molecular weight is 387 g/mol. The maximum Gasteiger partial charge on any atom is 0.342 e. The van der Waals surface area contributed by atoms with Crippen LogP contribution >= 0.6 is 11.8 Å². The molecule has 0 saturated heterocycles. The molecule has 0 aromatic heterocycles. The fraction of sp³-hybridized carbons (Fsp3) is 0.250. The Balaban J connectivity index is 2.07. The summed E-state index contributed by atoms with van der Waals surface area (Å²) in [6.45, 7) is 2.92. The van der Waals surface area contributed by atoms with Crippen molar-refractivity contribution >= 4 is 35.1 Å². The Kier molecular flexibility index (Phi) is 7.01. The van der Waals surface area contributed by atoms with Gasteiger partial charge in [-0.15, -0.1) is 11.8 Å². The number of esters is 1. The van der Waals surface area contributed by atoms with Gasteiger partial charge in [-0.1, -0.05) is 12.1 Å². The van der Waals surface area contributed by atoms with Crippen molar-refractivity contribution in [1.82, 2.24) is 0 Å². The van der Waals surface area contributed by atoms with Gasteiger partial charge < -0.3 is 14.8 Å². The van der Waals surface area contributed by atoms with E-state index in [4.69, 9.17) is 9.47 Å². The van der Waals surface area contributed by atoms with Gasteiger partial charge in [0, 0.05) is 16.1 Å². The van der Waals surface area contributed by atoms with Gasteiger partial charge in [0.1, 0.15) is 11.3 Å². The number of thioether (sulfide) groups is 1. The first-order valence-corrected chi connectivity index (χ1v) is 9.43. The highest BCUT2D eigenvalue weighted by Crippen LogP contribution is 2.26. The summed E-state index contributed by atoms with van der Waals surface area (Å²) >= 11 is 1.52. The summed E-state index contributed by atoms with van der Waals surface area (Å²) in [4.78, 5) is 37.1. The van der Waals surface area contributed by atoms with E-state index in [0.717, 1.165) is 4.90 Å². The summed E-state index contributed by atoms with van der Waals surface area (Å²) in [5, 5.41) is 2.64. The van der Waals surface area contributed by atoms with Crippen molar-refractivity contribution in [2.75, 3.05) is 18.7 Å². The lowest BCUT2D eigenvalue weighted by atomic mass is 10.1. The number of nitrogens with one attached hydrogen (secondary N) is 1. The van der Waals surface area contributed by atoms with E-state index < -0.39 is 18.0 Å². The number of Topliss-reactive ketones (excluding diaryl/α,β-unsaturated/α-hetero) is 1. The lowest BCUT2D eigenvalue weighted by Crippen LogP contribution is -2.30. The third-order valence-corrected chi connectivity index (χ3v) is 4.54. The first-order valence-electron chi connectivity index (χ1n) is 8.20. The monoisotopic (exact) mass is 387 g/mol. The molecule has 0 aliphatic rings. The number of carbonyl (C=O) groups is 3. The molecule has 2 rings (SSSR count). The number of ketones is 1. The summed E-state index contributed by atoms with van der Waals surface area (Å²) in [6.07, 6.45) is 0.892. The van der Waals surface area contributed by atoms with Crippen molar-refractivity contribution in [3.05, 3.63) is 53.6 Å². The van der Waals surface area contributed by atoms with E-state index >= 15 is 0 Å². The first-order chi connectivity index (χ1) is 12.8. The molecule has 142 valence electrons. The first kappa shape index (κ1) is 20.5. The summed E-state index contributed by atoms with van der Waals surface area (Å²) in [6, 6.07) is 11.7. The second-order valence-electron chi connectivity index (χ2n) is 5.74. The van der Waals surface area contributed by atoms with Gasteiger partial charge >= 0.3 is 5.97 Å². The SMILES string of the molecule is COc1cc(SC)ccc1C(=O)OC(C)C(=O)Nc1cccc(C(C)=O)c1. The van der Waals surface area contributed by atoms with Gasteiger partial charge in [0.2, 0.25) is 0 Å².